The predicted octanol–water partition coefficient (Wildman–Crippen LogP) is 6.11. The molecule has 0 aliphatic heterocycles. The smallest absolute Gasteiger partial charge is 0.322 e. The highest BCUT2D eigenvalue weighted by Crippen LogP contribution is 2.29. The van der Waals surface area contributed by atoms with Crippen molar-refractivity contribution in [1.29, 1.82) is 0 Å². The van der Waals surface area contributed by atoms with Gasteiger partial charge in [0.05, 0.1) is 32.7 Å². The number of urea groups is 1. The molecule has 0 unspecified atom stereocenters. The van der Waals surface area contributed by atoms with Crippen LogP contribution in [-0.4, -0.2) is 25.2 Å². The van der Waals surface area contributed by atoms with Gasteiger partial charge in [0.1, 0.15) is 29.6 Å². The molecule has 0 bridgehead atoms. The fourth-order valence-corrected chi connectivity index (χ4v) is 3.58. The molecule has 4 aromatic rings. The molecule has 4 rings (SSSR count). The van der Waals surface area contributed by atoms with Gasteiger partial charge in [-0.05, 0) is 47.5 Å². The standard InChI is InChI=1S/C28H28N2O5/c1-32-23-13-14-26(27(17-23)33-2)29-28(31)30(19-25-12-7-15-34-25)18-22-10-6-11-24(16-22)35-20-21-8-4-3-5-9-21/h3-17H,18-20H2,1-2H3,(H,29,31). The van der Waals surface area contributed by atoms with E-state index < -0.39 is 0 Å². The van der Waals surface area contributed by atoms with Gasteiger partial charge in [0, 0.05) is 12.6 Å². The maximum absolute atomic E-state index is 13.3. The monoisotopic (exact) mass is 472 g/mol. The van der Waals surface area contributed by atoms with Crippen LogP contribution in [0.15, 0.2) is 95.6 Å². The Hall–Kier alpha value is -4.39. The number of rotatable bonds is 10. The molecule has 0 radical (unpaired) electrons. The third-order valence-corrected chi connectivity index (χ3v) is 5.38. The van der Waals surface area contributed by atoms with Crippen LogP contribution in [0, 0.1) is 0 Å². The number of hydrogen-bond donors (Lipinski definition) is 1. The van der Waals surface area contributed by atoms with E-state index in [1.165, 1.54) is 0 Å². The number of carbonyl (C=O) groups is 1. The lowest BCUT2D eigenvalue weighted by Crippen LogP contribution is -2.34. The zero-order valence-corrected chi connectivity index (χ0v) is 19.8. The average molecular weight is 473 g/mol. The Bertz CT molecular complexity index is 1230. The lowest BCUT2D eigenvalue weighted by atomic mass is 10.2. The Morgan fingerprint density at radius 3 is 2.40 bits per heavy atom. The molecule has 0 aliphatic carbocycles. The van der Waals surface area contributed by atoms with E-state index in [1.807, 2.05) is 60.7 Å². The molecule has 0 saturated carbocycles. The number of nitrogens with zero attached hydrogens (tertiary/aromatic N) is 1. The molecule has 7 nitrogen and oxygen atoms in total. The molecular weight excluding hydrogens is 444 g/mol. The second-order valence-corrected chi connectivity index (χ2v) is 7.85. The van der Waals surface area contributed by atoms with Crippen molar-refractivity contribution >= 4 is 11.7 Å². The second kappa shape index (κ2) is 11.7. The van der Waals surface area contributed by atoms with Crippen LogP contribution in [0.3, 0.4) is 0 Å². The number of benzene rings is 3. The van der Waals surface area contributed by atoms with Crippen molar-refractivity contribution in [2.75, 3.05) is 19.5 Å². The summed E-state index contributed by atoms with van der Waals surface area (Å²) in [7, 11) is 3.13. The quantitative estimate of drug-likeness (QED) is 0.301. The SMILES string of the molecule is COc1ccc(NC(=O)N(Cc2cccc(OCc3ccccc3)c2)Cc2ccco2)c(OC)c1. The van der Waals surface area contributed by atoms with E-state index in [0.717, 1.165) is 16.9 Å². The highest BCUT2D eigenvalue weighted by Gasteiger charge is 2.18. The summed E-state index contributed by atoms with van der Waals surface area (Å²) in [6.45, 7) is 1.12. The van der Waals surface area contributed by atoms with Crippen LogP contribution in [0.4, 0.5) is 10.5 Å². The molecule has 180 valence electrons. The van der Waals surface area contributed by atoms with Gasteiger partial charge < -0.3 is 28.8 Å². The zero-order chi connectivity index (χ0) is 24.5. The number of nitrogens with one attached hydrogen (secondary N) is 1. The van der Waals surface area contributed by atoms with Gasteiger partial charge in [0.2, 0.25) is 0 Å². The van der Waals surface area contributed by atoms with Gasteiger partial charge in [-0.2, -0.15) is 0 Å². The molecule has 0 aliphatic rings. The van der Waals surface area contributed by atoms with Crippen molar-refractivity contribution in [1.82, 2.24) is 4.90 Å². The van der Waals surface area contributed by atoms with Crippen molar-refractivity contribution in [2.24, 2.45) is 0 Å². The number of carbonyl (C=O) groups excluding carboxylic acids is 1. The van der Waals surface area contributed by atoms with Crippen LogP contribution >= 0.6 is 0 Å². The van der Waals surface area contributed by atoms with Crippen LogP contribution in [0.1, 0.15) is 16.9 Å². The van der Waals surface area contributed by atoms with Gasteiger partial charge in [-0.25, -0.2) is 4.79 Å². The Labute approximate surface area is 204 Å². The van der Waals surface area contributed by atoms with Crippen LogP contribution in [0.5, 0.6) is 17.2 Å². The van der Waals surface area contributed by atoms with E-state index in [-0.39, 0.29) is 6.03 Å². The van der Waals surface area contributed by atoms with Crippen LogP contribution in [-0.2, 0) is 19.7 Å². The zero-order valence-electron chi connectivity index (χ0n) is 19.8. The molecule has 0 atom stereocenters. The molecule has 3 aromatic carbocycles. The molecule has 1 aromatic heterocycles. The summed E-state index contributed by atoms with van der Waals surface area (Å²) < 4.78 is 22.1. The largest absolute Gasteiger partial charge is 0.497 e. The average Bonchev–Trinajstić information content (AvgIpc) is 3.41. The van der Waals surface area contributed by atoms with Crippen molar-refractivity contribution in [3.8, 4) is 17.2 Å². The van der Waals surface area contributed by atoms with Gasteiger partial charge in [-0.3, -0.25) is 0 Å². The minimum Gasteiger partial charge on any atom is -0.497 e. The summed E-state index contributed by atoms with van der Waals surface area (Å²) in [5, 5.41) is 2.94. The fraction of sp³-hybridized carbons (Fsp3) is 0.179. The summed E-state index contributed by atoms with van der Waals surface area (Å²) in [5.74, 6) is 2.56. The third-order valence-electron chi connectivity index (χ3n) is 5.38. The first-order chi connectivity index (χ1) is 17.1. The Morgan fingerprint density at radius 2 is 1.66 bits per heavy atom. The normalized spacial score (nSPS) is 10.5. The summed E-state index contributed by atoms with van der Waals surface area (Å²) >= 11 is 0. The maximum atomic E-state index is 13.3. The Kier molecular flexibility index (Phi) is 7.91. The molecule has 2 amide bonds. The van der Waals surface area contributed by atoms with Crippen LogP contribution < -0.4 is 19.5 Å². The minimum atomic E-state index is -0.291. The summed E-state index contributed by atoms with van der Waals surface area (Å²) in [6, 6.07) is 26.3. The van der Waals surface area contributed by atoms with Gasteiger partial charge >= 0.3 is 6.03 Å². The van der Waals surface area contributed by atoms with E-state index in [4.69, 9.17) is 18.6 Å². The van der Waals surface area contributed by atoms with Crippen molar-refractivity contribution < 1.29 is 23.4 Å². The van der Waals surface area contributed by atoms with E-state index in [0.29, 0.717) is 42.6 Å². The van der Waals surface area contributed by atoms with Crippen LogP contribution in [0.25, 0.3) is 0 Å². The Balaban J connectivity index is 1.49. The van der Waals surface area contributed by atoms with E-state index in [1.54, 1.807) is 49.6 Å². The number of methoxy groups -OCH3 is 2. The van der Waals surface area contributed by atoms with E-state index >= 15 is 0 Å². The molecular formula is C28H28N2O5. The molecule has 1 N–H and O–H groups in total. The third kappa shape index (κ3) is 6.57. The van der Waals surface area contributed by atoms with Crippen LogP contribution in [0.2, 0.25) is 0 Å². The summed E-state index contributed by atoms with van der Waals surface area (Å²) in [6.07, 6.45) is 1.59. The lowest BCUT2D eigenvalue weighted by Gasteiger charge is -2.23. The summed E-state index contributed by atoms with van der Waals surface area (Å²) in [5.41, 5.74) is 2.56. The van der Waals surface area contributed by atoms with Gasteiger partial charge in [0.15, 0.2) is 0 Å². The van der Waals surface area contributed by atoms with Crippen molar-refractivity contribution in [2.45, 2.75) is 19.7 Å². The first-order valence-corrected chi connectivity index (χ1v) is 11.2. The number of amides is 2. The predicted molar refractivity (Wildman–Crippen MR) is 134 cm³/mol. The highest BCUT2D eigenvalue weighted by atomic mass is 16.5. The molecule has 35 heavy (non-hydrogen) atoms. The Morgan fingerprint density at radius 1 is 0.829 bits per heavy atom. The first-order valence-electron chi connectivity index (χ1n) is 11.2. The molecule has 0 fully saturated rings. The van der Waals surface area contributed by atoms with Crippen molar-refractivity contribution in [3.05, 3.63) is 108 Å². The van der Waals surface area contributed by atoms with E-state index in [2.05, 4.69) is 5.32 Å². The summed E-state index contributed by atoms with van der Waals surface area (Å²) in [4.78, 5) is 15.0. The number of ether oxygens (including phenoxy) is 3. The van der Waals surface area contributed by atoms with Crippen molar-refractivity contribution in [3.63, 3.8) is 0 Å². The van der Waals surface area contributed by atoms with Gasteiger partial charge in [0.25, 0.3) is 0 Å². The number of hydrogen-bond acceptors (Lipinski definition) is 5. The molecule has 1 heterocycles. The number of anilines is 1. The topological polar surface area (TPSA) is 73.2 Å². The lowest BCUT2D eigenvalue weighted by molar-refractivity contribution is 0.201. The molecule has 0 saturated heterocycles. The van der Waals surface area contributed by atoms with E-state index in [9.17, 15) is 4.79 Å². The minimum absolute atomic E-state index is 0.291. The number of furan rings is 1. The molecule has 7 heteroatoms. The highest BCUT2D eigenvalue weighted by molar-refractivity contribution is 5.91. The maximum Gasteiger partial charge on any atom is 0.322 e. The second-order valence-electron chi connectivity index (χ2n) is 7.85. The van der Waals surface area contributed by atoms with Gasteiger partial charge in [-0.15, -0.1) is 0 Å². The first kappa shape index (κ1) is 23.8. The van der Waals surface area contributed by atoms with Gasteiger partial charge in [-0.1, -0.05) is 42.5 Å². The molecule has 0 spiro atoms. The fourth-order valence-electron chi connectivity index (χ4n) is 3.58.